The van der Waals surface area contributed by atoms with Crippen molar-refractivity contribution in [3.8, 4) is 66.8 Å². The zero-order valence-corrected chi connectivity index (χ0v) is 45.6. The lowest BCUT2D eigenvalue weighted by Gasteiger charge is -2.23. The van der Waals surface area contributed by atoms with E-state index < -0.39 is 0 Å². The fraction of sp³-hybridized carbons (Fsp3) is 0.184. The molecule has 1 unspecified atom stereocenters. The molecule has 0 spiro atoms. The Kier molecular flexibility index (Phi) is 14.3. The van der Waals surface area contributed by atoms with Gasteiger partial charge in [0.05, 0.1) is 0 Å². The predicted molar refractivity (Wildman–Crippen MR) is 328 cm³/mol. The maximum atomic E-state index is 2.41. The number of fused-ring (bicyclic) bond motifs is 6. The summed E-state index contributed by atoms with van der Waals surface area (Å²) in [5.41, 5.74) is 30.3. The average molecular weight is 983 g/mol. The maximum Gasteiger partial charge on any atom is 0.0159 e. The van der Waals surface area contributed by atoms with Gasteiger partial charge in [0.15, 0.2) is 0 Å². The largest absolute Gasteiger partial charge is 0.0761 e. The lowest BCUT2D eigenvalue weighted by molar-refractivity contribution is 0.660. The average Bonchev–Trinajstić information content (AvgIpc) is 4.05. The van der Waals surface area contributed by atoms with E-state index in [1.165, 1.54) is 140 Å². The molecule has 0 bridgehead atoms. The topological polar surface area (TPSA) is 0 Å². The van der Waals surface area contributed by atoms with Crippen molar-refractivity contribution in [3.05, 3.63) is 281 Å². The molecule has 0 N–H and O–H groups in total. The Balaban J connectivity index is 0.000000123. The molecule has 0 heteroatoms. The third-order valence-electron chi connectivity index (χ3n) is 16.3. The molecule has 374 valence electrons. The summed E-state index contributed by atoms with van der Waals surface area (Å²) in [5.74, 6) is 0.453. The zero-order chi connectivity index (χ0) is 52.3. The molecule has 0 nitrogen and oxygen atoms in total. The summed E-state index contributed by atoms with van der Waals surface area (Å²) in [5, 5.41) is 2.76. The third-order valence-corrected chi connectivity index (χ3v) is 16.3. The van der Waals surface area contributed by atoms with E-state index in [1.54, 1.807) is 0 Å². The zero-order valence-electron chi connectivity index (χ0n) is 45.6. The molecule has 1 atom stereocenters. The smallest absolute Gasteiger partial charge is 0.0159 e. The Labute approximate surface area is 453 Å². The summed E-state index contributed by atoms with van der Waals surface area (Å²) in [6, 6.07) is 78.0. The summed E-state index contributed by atoms with van der Waals surface area (Å²) >= 11 is 0. The highest BCUT2D eigenvalue weighted by molar-refractivity contribution is 6.18. The minimum Gasteiger partial charge on any atom is -0.0761 e. The van der Waals surface area contributed by atoms with Crippen molar-refractivity contribution in [2.45, 2.75) is 91.9 Å². The van der Waals surface area contributed by atoms with E-state index in [-0.39, 0.29) is 5.41 Å². The van der Waals surface area contributed by atoms with Gasteiger partial charge >= 0.3 is 0 Å². The van der Waals surface area contributed by atoms with Crippen molar-refractivity contribution < 1.29 is 0 Å². The molecule has 0 radical (unpaired) electrons. The molecule has 0 saturated carbocycles. The Bertz CT molecular complexity index is 3750. The van der Waals surface area contributed by atoms with Gasteiger partial charge in [-0.05, 0) is 168 Å². The monoisotopic (exact) mass is 983 g/mol. The molecule has 10 aromatic rings. The van der Waals surface area contributed by atoms with Crippen LogP contribution in [0.3, 0.4) is 0 Å². The van der Waals surface area contributed by atoms with Crippen molar-refractivity contribution in [3.63, 3.8) is 0 Å². The van der Waals surface area contributed by atoms with Gasteiger partial charge in [0.2, 0.25) is 0 Å². The molecule has 3 aliphatic rings. The molecule has 0 amide bonds. The van der Waals surface area contributed by atoms with E-state index in [0.29, 0.717) is 5.92 Å². The fourth-order valence-corrected chi connectivity index (χ4v) is 12.3. The lowest BCUT2D eigenvalue weighted by atomic mass is 9.81. The van der Waals surface area contributed by atoms with Crippen LogP contribution in [0.2, 0.25) is 0 Å². The minimum absolute atomic E-state index is 0.0709. The van der Waals surface area contributed by atoms with Crippen molar-refractivity contribution in [2.75, 3.05) is 0 Å². The summed E-state index contributed by atoms with van der Waals surface area (Å²) < 4.78 is 0. The lowest BCUT2D eigenvalue weighted by Crippen LogP contribution is -2.15. The Morgan fingerprint density at radius 2 is 0.987 bits per heavy atom. The van der Waals surface area contributed by atoms with Crippen molar-refractivity contribution in [2.24, 2.45) is 0 Å². The van der Waals surface area contributed by atoms with Gasteiger partial charge in [-0.3, -0.25) is 0 Å². The summed E-state index contributed by atoms with van der Waals surface area (Å²) in [7, 11) is 0. The molecule has 0 aromatic heterocycles. The van der Waals surface area contributed by atoms with Gasteiger partial charge < -0.3 is 0 Å². The fourth-order valence-electron chi connectivity index (χ4n) is 12.3. The van der Waals surface area contributed by atoms with E-state index in [1.807, 2.05) is 0 Å². The van der Waals surface area contributed by atoms with Gasteiger partial charge in [-0.1, -0.05) is 276 Å². The minimum atomic E-state index is 0.0709. The van der Waals surface area contributed by atoms with Gasteiger partial charge in [-0.2, -0.15) is 0 Å². The van der Waals surface area contributed by atoms with Gasteiger partial charge in [0.25, 0.3) is 0 Å². The SMILES string of the molecule is CCCc1c(-c2ccccc2C)cccc1C1C=CC(c2ccc(C)cc2)=CC1.CCCc1ccc(-c2ccc3c4c(cccc24)-c2ccccc2-3)cc1.Cc1ccc2c(c1)C(C)(C)c1cc(-c3ccccc3)ccc1-2. The molecule has 0 heterocycles. The summed E-state index contributed by atoms with van der Waals surface area (Å²) in [6.45, 7) is 15.7. The van der Waals surface area contributed by atoms with Gasteiger partial charge in [0, 0.05) is 11.3 Å². The van der Waals surface area contributed by atoms with Gasteiger partial charge in [0.1, 0.15) is 0 Å². The van der Waals surface area contributed by atoms with Crippen LogP contribution >= 0.6 is 0 Å². The van der Waals surface area contributed by atoms with Crippen LogP contribution in [0.15, 0.2) is 231 Å². The first-order chi connectivity index (χ1) is 37.1. The molecule has 76 heavy (non-hydrogen) atoms. The van der Waals surface area contributed by atoms with Crippen molar-refractivity contribution in [1.82, 2.24) is 0 Å². The van der Waals surface area contributed by atoms with Crippen LogP contribution in [0.4, 0.5) is 0 Å². The van der Waals surface area contributed by atoms with Crippen LogP contribution in [0, 0.1) is 20.8 Å². The van der Waals surface area contributed by atoms with E-state index in [9.17, 15) is 0 Å². The standard InChI is InChI=1S/C29H30.C25H20.C22H20/c1-4-8-28-27(11-7-12-29(28)26-10-6-5-9-22(26)3)25-19-17-24(18-20-25)23-15-13-21(2)14-16-23;1-2-6-17-11-13-18(14-12-17)19-15-16-24-21-8-4-3-7-20(21)23-10-5-9-22(19)25(23)24;1-15-9-11-18-19-12-10-17(16-7-5-4-6-8-16)14-21(19)22(2,3)20(18)13-15/h5-7,9-19,25H,4,8,20H2,1-3H3;3-5,7-16H,2,6H2,1H3;4-14H,1-3H3. The first-order valence-corrected chi connectivity index (χ1v) is 27.8. The molecule has 3 aliphatic carbocycles. The van der Waals surface area contributed by atoms with E-state index in [4.69, 9.17) is 0 Å². The van der Waals surface area contributed by atoms with Crippen LogP contribution in [-0.2, 0) is 18.3 Å². The van der Waals surface area contributed by atoms with Crippen LogP contribution in [0.25, 0.3) is 83.1 Å². The second-order valence-electron chi connectivity index (χ2n) is 21.8. The quantitative estimate of drug-likeness (QED) is 0.135. The highest BCUT2D eigenvalue weighted by Crippen LogP contribution is 2.51. The van der Waals surface area contributed by atoms with Crippen molar-refractivity contribution >= 4 is 16.3 Å². The van der Waals surface area contributed by atoms with Crippen LogP contribution in [-0.4, -0.2) is 0 Å². The normalized spacial score (nSPS) is 14.1. The molecule has 0 fully saturated rings. The summed E-state index contributed by atoms with van der Waals surface area (Å²) in [6.07, 6.45) is 12.8. The second kappa shape index (κ2) is 21.7. The van der Waals surface area contributed by atoms with Crippen molar-refractivity contribution in [1.29, 1.82) is 0 Å². The van der Waals surface area contributed by atoms with E-state index >= 15 is 0 Å². The molecular formula is C76H70. The first kappa shape index (κ1) is 50.1. The van der Waals surface area contributed by atoms with Crippen LogP contribution in [0.5, 0.6) is 0 Å². The number of aryl methyl sites for hydroxylation is 4. The Morgan fingerprint density at radius 1 is 0.421 bits per heavy atom. The molecule has 0 saturated heterocycles. The highest BCUT2D eigenvalue weighted by Gasteiger charge is 2.35. The predicted octanol–water partition coefficient (Wildman–Crippen LogP) is 21.1. The van der Waals surface area contributed by atoms with E-state index in [0.717, 1.165) is 25.7 Å². The molecular weight excluding hydrogens is 913 g/mol. The number of rotatable bonds is 9. The third kappa shape index (κ3) is 9.74. The van der Waals surface area contributed by atoms with Crippen LogP contribution < -0.4 is 0 Å². The Hall–Kier alpha value is -8.06. The first-order valence-electron chi connectivity index (χ1n) is 27.8. The van der Waals surface area contributed by atoms with Gasteiger partial charge in [-0.25, -0.2) is 0 Å². The molecule has 13 rings (SSSR count). The van der Waals surface area contributed by atoms with Crippen LogP contribution in [0.1, 0.15) is 103 Å². The van der Waals surface area contributed by atoms with E-state index in [2.05, 4.69) is 279 Å². The Morgan fingerprint density at radius 3 is 1.68 bits per heavy atom. The van der Waals surface area contributed by atoms with Gasteiger partial charge in [-0.15, -0.1) is 0 Å². The number of hydrogen-bond donors (Lipinski definition) is 0. The second-order valence-corrected chi connectivity index (χ2v) is 21.8. The highest BCUT2D eigenvalue weighted by atomic mass is 14.4. The number of benzene rings is 10. The number of allylic oxidation sites excluding steroid dienone is 4. The number of hydrogen-bond acceptors (Lipinski definition) is 0. The molecule has 10 aromatic carbocycles. The maximum absolute atomic E-state index is 2.41. The molecule has 0 aliphatic heterocycles. The summed E-state index contributed by atoms with van der Waals surface area (Å²) in [4.78, 5) is 0.